The SMILES string of the molecule is NCC1CCCC1C(=O)Nc1c(Cl)cccc1C(F)(F)F. The minimum absolute atomic E-state index is 0.0156. The summed E-state index contributed by atoms with van der Waals surface area (Å²) in [6, 6.07) is 3.43. The highest BCUT2D eigenvalue weighted by atomic mass is 35.5. The van der Waals surface area contributed by atoms with Gasteiger partial charge in [0.25, 0.3) is 0 Å². The van der Waals surface area contributed by atoms with Gasteiger partial charge < -0.3 is 11.1 Å². The van der Waals surface area contributed by atoms with Crippen molar-refractivity contribution in [2.24, 2.45) is 17.6 Å². The van der Waals surface area contributed by atoms with Crippen LogP contribution in [0.4, 0.5) is 18.9 Å². The van der Waals surface area contributed by atoms with E-state index in [9.17, 15) is 18.0 Å². The maximum Gasteiger partial charge on any atom is 0.418 e. The number of rotatable bonds is 3. The molecule has 1 aliphatic rings. The molecule has 1 aromatic carbocycles. The molecule has 0 spiro atoms. The summed E-state index contributed by atoms with van der Waals surface area (Å²) in [5, 5.41) is 2.22. The van der Waals surface area contributed by atoms with E-state index in [1.165, 1.54) is 12.1 Å². The van der Waals surface area contributed by atoms with Crippen molar-refractivity contribution in [3.05, 3.63) is 28.8 Å². The van der Waals surface area contributed by atoms with Gasteiger partial charge in [0.2, 0.25) is 5.91 Å². The zero-order valence-corrected chi connectivity index (χ0v) is 12.0. The first-order valence-corrected chi connectivity index (χ1v) is 7.09. The number of hydrogen-bond acceptors (Lipinski definition) is 2. The number of anilines is 1. The second-order valence-corrected chi connectivity index (χ2v) is 5.59. The molecule has 3 N–H and O–H groups in total. The van der Waals surface area contributed by atoms with Crippen molar-refractivity contribution in [2.75, 3.05) is 11.9 Å². The smallest absolute Gasteiger partial charge is 0.330 e. The average molecular weight is 321 g/mol. The van der Waals surface area contributed by atoms with Crippen molar-refractivity contribution < 1.29 is 18.0 Å². The summed E-state index contributed by atoms with van der Waals surface area (Å²) in [4.78, 5) is 12.2. The molecular formula is C14H16ClF3N2O. The highest BCUT2D eigenvalue weighted by Crippen LogP contribution is 2.39. The summed E-state index contributed by atoms with van der Waals surface area (Å²) in [5.74, 6) is -0.782. The van der Waals surface area contributed by atoms with E-state index in [4.69, 9.17) is 17.3 Å². The normalized spacial score (nSPS) is 22.3. The van der Waals surface area contributed by atoms with Gasteiger partial charge in [-0.25, -0.2) is 0 Å². The van der Waals surface area contributed by atoms with E-state index >= 15 is 0 Å². The molecule has 2 atom stereocenters. The summed E-state index contributed by atoms with van der Waals surface area (Å²) < 4.78 is 38.9. The van der Waals surface area contributed by atoms with E-state index in [0.29, 0.717) is 13.0 Å². The molecule has 0 radical (unpaired) electrons. The summed E-state index contributed by atoms with van der Waals surface area (Å²) in [6.07, 6.45) is -2.26. The second kappa shape index (κ2) is 6.23. The van der Waals surface area contributed by atoms with Crippen LogP contribution in [-0.4, -0.2) is 12.5 Å². The molecule has 1 aliphatic carbocycles. The van der Waals surface area contributed by atoms with Gasteiger partial charge in [0, 0.05) is 5.92 Å². The van der Waals surface area contributed by atoms with Gasteiger partial charge in [-0.1, -0.05) is 24.1 Å². The number of halogens is 4. The molecule has 116 valence electrons. The predicted molar refractivity (Wildman–Crippen MR) is 75.0 cm³/mol. The van der Waals surface area contributed by atoms with Crippen LogP contribution >= 0.6 is 11.6 Å². The van der Waals surface area contributed by atoms with Crippen molar-refractivity contribution in [2.45, 2.75) is 25.4 Å². The van der Waals surface area contributed by atoms with E-state index < -0.39 is 17.6 Å². The minimum Gasteiger partial charge on any atom is -0.330 e. The number of nitrogens with two attached hydrogens (primary N) is 1. The van der Waals surface area contributed by atoms with Crippen LogP contribution in [0.5, 0.6) is 0 Å². The van der Waals surface area contributed by atoms with Crippen LogP contribution in [0.25, 0.3) is 0 Å². The molecular weight excluding hydrogens is 305 g/mol. The van der Waals surface area contributed by atoms with E-state index in [2.05, 4.69) is 5.32 Å². The van der Waals surface area contributed by atoms with Crippen LogP contribution in [0.2, 0.25) is 5.02 Å². The highest BCUT2D eigenvalue weighted by molar-refractivity contribution is 6.34. The monoisotopic (exact) mass is 320 g/mol. The molecule has 0 aliphatic heterocycles. The Hall–Kier alpha value is -1.27. The van der Waals surface area contributed by atoms with Crippen LogP contribution in [0.15, 0.2) is 18.2 Å². The Balaban J connectivity index is 2.25. The van der Waals surface area contributed by atoms with Crippen LogP contribution in [-0.2, 0) is 11.0 Å². The molecule has 2 unspecified atom stereocenters. The van der Waals surface area contributed by atoms with Gasteiger partial charge >= 0.3 is 6.18 Å². The predicted octanol–water partition coefficient (Wildman–Crippen LogP) is 3.67. The van der Waals surface area contributed by atoms with Crippen molar-refractivity contribution in [1.29, 1.82) is 0 Å². The zero-order valence-electron chi connectivity index (χ0n) is 11.2. The van der Waals surface area contributed by atoms with Gasteiger partial charge in [-0.3, -0.25) is 4.79 Å². The first-order chi connectivity index (χ1) is 9.84. The third-order valence-electron chi connectivity index (χ3n) is 3.87. The lowest BCUT2D eigenvalue weighted by molar-refractivity contribution is -0.137. The minimum atomic E-state index is -4.57. The number of alkyl halides is 3. The van der Waals surface area contributed by atoms with Gasteiger partial charge in [-0.05, 0) is 37.4 Å². The molecule has 1 amide bonds. The van der Waals surface area contributed by atoms with E-state index in [1.54, 1.807) is 0 Å². The molecule has 0 saturated heterocycles. The fourth-order valence-electron chi connectivity index (χ4n) is 2.77. The molecule has 3 nitrogen and oxygen atoms in total. The molecule has 0 bridgehead atoms. The first kappa shape index (κ1) is 16.1. The molecule has 2 rings (SSSR count). The Kier molecular flexibility index (Phi) is 4.78. The molecule has 1 fully saturated rings. The van der Waals surface area contributed by atoms with Gasteiger partial charge in [0.05, 0.1) is 16.3 Å². The van der Waals surface area contributed by atoms with Crippen LogP contribution in [0.1, 0.15) is 24.8 Å². The lowest BCUT2D eigenvalue weighted by Gasteiger charge is -2.20. The molecule has 7 heteroatoms. The molecule has 21 heavy (non-hydrogen) atoms. The standard InChI is InChI=1S/C14H16ClF3N2O/c15-11-6-2-5-10(14(16,17)18)12(11)20-13(21)9-4-1-3-8(9)7-19/h2,5-6,8-9H,1,3-4,7,19H2,(H,20,21). The summed E-state index contributed by atoms with van der Waals surface area (Å²) >= 11 is 5.82. The summed E-state index contributed by atoms with van der Waals surface area (Å²) in [6.45, 7) is 0.354. The lowest BCUT2D eigenvalue weighted by atomic mass is 9.95. The Morgan fingerprint density at radius 1 is 1.38 bits per heavy atom. The number of benzene rings is 1. The van der Waals surface area contributed by atoms with Crippen molar-refractivity contribution >= 4 is 23.2 Å². The number of amides is 1. The maximum absolute atomic E-state index is 13.0. The fraction of sp³-hybridized carbons (Fsp3) is 0.500. The van der Waals surface area contributed by atoms with Crippen LogP contribution in [0, 0.1) is 11.8 Å². The quantitative estimate of drug-likeness (QED) is 0.892. The maximum atomic E-state index is 13.0. The third kappa shape index (κ3) is 3.49. The molecule has 1 saturated carbocycles. The second-order valence-electron chi connectivity index (χ2n) is 5.18. The Morgan fingerprint density at radius 2 is 2.10 bits per heavy atom. The zero-order chi connectivity index (χ0) is 15.6. The number of para-hydroxylation sites is 1. The summed E-state index contributed by atoms with van der Waals surface area (Å²) in [5.41, 5.74) is 4.28. The lowest BCUT2D eigenvalue weighted by Crippen LogP contribution is -2.30. The average Bonchev–Trinajstić information content (AvgIpc) is 2.88. The summed E-state index contributed by atoms with van der Waals surface area (Å²) in [7, 11) is 0. The molecule has 0 aromatic heterocycles. The Bertz CT molecular complexity index is 533. The Morgan fingerprint density at radius 3 is 2.71 bits per heavy atom. The van der Waals surface area contributed by atoms with Crippen molar-refractivity contribution in [3.63, 3.8) is 0 Å². The molecule has 1 aromatic rings. The highest BCUT2D eigenvalue weighted by Gasteiger charge is 2.37. The fourth-order valence-corrected chi connectivity index (χ4v) is 2.99. The van der Waals surface area contributed by atoms with E-state index in [1.807, 2.05) is 0 Å². The topological polar surface area (TPSA) is 55.1 Å². The number of carbonyl (C=O) groups excluding carboxylic acids is 1. The van der Waals surface area contributed by atoms with Gasteiger partial charge in [0.15, 0.2) is 0 Å². The third-order valence-corrected chi connectivity index (χ3v) is 4.18. The number of hydrogen-bond donors (Lipinski definition) is 2. The van der Waals surface area contributed by atoms with Crippen molar-refractivity contribution in [3.8, 4) is 0 Å². The van der Waals surface area contributed by atoms with Crippen LogP contribution < -0.4 is 11.1 Å². The molecule has 0 heterocycles. The van der Waals surface area contributed by atoms with E-state index in [-0.39, 0.29) is 22.5 Å². The van der Waals surface area contributed by atoms with Gasteiger partial charge in [-0.2, -0.15) is 13.2 Å². The number of nitrogens with one attached hydrogen (secondary N) is 1. The van der Waals surface area contributed by atoms with E-state index in [0.717, 1.165) is 18.9 Å². The van der Waals surface area contributed by atoms with Gasteiger partial charge in [-0.15, -0.1) is 0 Å². The van der Waals surface area contributed by atoms with Crippen molar-refractivity contribution in [1.82, 2.24) is 0 Å². The van der Waals surface area contributed by atoms with Gasteiger partial charge in [0.1, 0.15) is 0 Å². The Labute approximate surface area is 125 Å². The van der Waals surface area contributed by atoms with Crippen LogP contribution in [0.3, 0.4) is 0 Å². The first-order valence-electron chi connectivity index (χ1n) is 6.71. The largest absolute Gasteiger partial charge is 0.418 e. The number of carbonyl (C=O) groups is 1.